The van der Waals surface area contributed by atoms with Gasteiger partial charge < -0.3 is 9.84 Å². The second-order valence-corrected chi connectivity index (χ2v) is 6.99. The van der Waals surface area contributed by atoms with E-state index in [-0.39, 0.29) is 5.41 Å². The van der Waals surface area contributed by atoms with Crippen molar-refractivity contribution in [1.29, 1.82) is 0 Å². The lowest BCUT2D eigenvalue weighted by Gasteiger charge is -2.14. The number of ether oxygens (including phenoxy) is 1. The van der Waals surface area contributed by atoms with Gasteiger partial charge in [-0.15, -0.1) is 11.3 Å². The lowest BCUT2D eigenvalue weighted by Crippen LogP contribution is -2.08. The van der Waals surface area contributed by atoms with Crippen LogP contribution in [0, 0.1) is 5.92 Å². The highest BCUT2D eigenvalue weighted by molar-refractivity contribution is 7.14. The fraction of sp³-hybridized carbons (Fsp3) is 0.643. The zero-order valence-electron chi connectivity index (χ0n) is 11.2. The van der Waals surface area contributed by atoms with E-state index in [1.54, 1.807) is 0 Å². The van der Waals surface area contributed by atoms with E-state index in [2.05, 4.69) is 20.8 Å². The molecule has 2 rings (SSSR count). The van der Waals surface area contributed by atoms with Gasteiger partial charge in [0.25, 0.3) is 0 Å². The quantitative estimate of drug-likeness (QED) is 0.880. The Morgan fingerprint density at radius 1 is 1.50 bits per heavy atom. The van der Waals surface area contributed by atoms with Gasteiger partial charge in [-0.1, -0.05) is 33.6 Å². The Bertz CT molecular complexity index is 438. The van der Waals surface area contributed by atoms with Crippen molar-refractivity contribution in [3.8, 4) is 5.75 Å². The van der Waals surface area contributed by atoms with Crippen LogP contribution in [0.1, 0.15) is 54.6 Å². The van der Waals surface area contributed by atoms with E-state index in [1.807, 2.05) is 6.07 Å². The largest absolute Gasteiger partial charge is 0.492 e. The number of hydrogen-bond acceptors (Lipinski definition) is 3. The molecule has 1 heterocycles. The van der Waals surface area contributed by atoms with E-state index < -0.39 is 5.97 Å². The van der Waals surface area contributed by atoms with Gasteiger partial charge in [0.05, 0.1) is 6.61 Å². The van der Waals surface area contributed by atoms with Gasteiger partial charge in [0, 0.05) is 4.88 Å². The third-order valence-corrected chi connectivity index (χ3v) is 4.64. The van der Waals surface area contributed by atoms with Crippen LogP contribution in [0.5, 0.6) is 5.75 Å². The highest BCUT2D eigenvalue weighted by Crippen LogP contribution is 2.37. The summed E-state index contributed by atoms with van der Waals surface area (Å²) in [6, 6.07) is 1.89. The van der Waals surface area contributed by atoms with Gasteiger partial charge in [0.2, 0.25) is 0 Å². The summed E-state index contributed by atoms with van der Waals surface area (Å²) in [6.45, 7) is 6.88. The first-order valence-electron chi connectivity index (χ1n) is 6.38. The molecule has 1 N–H and O–H groups in total. The summed E-state index contributed by atoms with van der Waals surface area (Å²) < 4.78 is 5.65. The molecular formula is C14H20O3S. The number of carboxylic acid groups (broad SMARTS) is 1. The first-order chi connectivity index (χ1) is 8.38. The van der Waals surface area contributed by atoms with E-state index >= 15 is 0 Å². The molecule has 1 aliphatic rings. The Kier molecular flexibility index (Phi) is 3.66. The molecule has 0 bridgehead atoms. The summed E-state index contributed by atoms with van der Waals surface area (Å²) in [5.41, 5.74) is -0.0348. The fourth-order valence-electron chi connectivity index (χ4n) is 1.74. The molecule has 18 heavy (non-hydrogen) atoms. The third-order valence-electron chi connectivity index (χ3n) is 3.11. The second-order valence-electron chi connectivity index (χ2n) is 5.94. The third kappa shape index (κ3) is 3.25. The Morgan fingerprint density at radius 2 is 2.17 bits per heavy atom. The monoisotopic (exact) mass is 268 g/mol. The number of hydrogen-bond donors (Lipinski definition) is 1. The Morgan fingerprint density at radius 3 is 2.67 bits per heavy atom. The zero-order chi connectivity index (χ0) is 13.3. The normalized spacial score (nSPS) is 15.7. The molecule has 100 valence electrons. The highest BCUT2D eigenvalue weighted by atomic mass is 32.1. The number of thiophene rings is 1. The van der Waals surface area contributed by atoms with Crippen LogP contribution in [0.4, 0.5) is 0 Å². The number of carboxylic acids is 1. The van der Waals surface area contributed by atoms with Gasteiger partial charge in [0.15, 0.2) is 4.88 Å². The second kappa shape index (κ2) is 4.92. The maximum atomic E-state index is 11.2. The van der Waals surface area contributed by atoms with Crippen LogP contribution in [0.25, 0.3) is 0 Å². The van der Waals surface area contributed by atoms with E-state index in [4.69, 9.17) is 4.74 Å². The van der Waals surface area contributed by atoms with Gasteiger partial charge in [-0.25, -0.2) is 4.79 Å². The first-order valence-corrected chi connectivity index (χ1v) is 7.20. The van der Waals surface area contributed by atoms with E-state index in [9.17, 15) is 9.90 Å². The Labute approximate surface area is 112 Å². The molecule has 0 aromatic carbocycles. The summed E-state index contributed by atoms with van der Waals surface area (Å²) in [6.07, 6.45) is 3.64. The van der Waals surface area contributed by atoms with Crippen molar-refractivity contribution >= 4 is 17.3 Å². The molecule has 4 heteroatoms. The maximum Gasteiger partial charge on any atom is 0.349 e. The van der Waals surface area contributed by atoms with Crippen molar-refractivity contribution in [3.05, 3.63) is 15.8 Å². The molecular weight excluding hydrogens is 248 g/mol. The van der Waals surface area contributed by atoms with Crippen LogP contribution in [0.2, 0.25) is 0 Å². The van der Waals surface area contributed by atoms with Gasteiger partial charge in [-0.2, -0.15) is 0 Å². The van der Waals surface area contributed by atoms with E-state index in [0.717, 1.165) is 17.2 Å². The molecule has 1 aliphatic carbocycles. The molecule has 1 aromatic rings. The number of aromatic carboxylic acids is 1. The Hall–Kier alpha value is -1.03. The highest BCUT2D eigenvalue weighted by Gasteiger charge is 2.25. The minimum Gasteiger partial charge on any atom is -0.492 e. The topological polar surface area (TPSA) is 46.5 Å². The molecule has 0 radical (unpaired) electrons. The first kappa shape index (κ1) is 13.4. The van der Waals surface area contributed by atoms with Crippen LogP contribution in [-0.4, -0.2) is 17.7 Å². The molecule has 0 aliphatic heterocycles. The molecule has 1 saturated carbocycles. The molecule has 0 amide bonds. The predicted molar refractivity (Wildman–Crippen MR) is 72.8 cm³/mol. The number of carbonyl (C=O) groups is 1. The van der Waals surface area contributed by atoms with Gasteiger partial charge in [0.1, 0.15) is 5.75 Å². The Balaban J connectivity index is 2.10. The zero-order valence-corrected chi connectivity index (χ0v) is 12.0. The van der Waals surface area contributed by atoms with Crippen LogP contribution >= 0.6 is 11.3 Å². The minimum absolute atomic E-state index is 0.0348. The molecule has 0 saturated heterocycles. The van der Waals surface area contributed by atoms with Crippen LogP contribution < -0.4 is 4.74 Å². The van der Waals surface area contributed by atoms with Crippen molar-refractivity contribution in [2.24, 2.45) is 5.92 Å². The summed E-state index contributed by atoms with van der Waals surface area (Å²) in [7, 11) is 0. The van der Waals surface area contributed by atoms with E-state index in [0.29, 0.717) is 17.2 Å². The molecule has 1 aromatic heterocycles. The fourth-order valence-corrected chi connectivity index (χ4v) is 2.74. The predicted octanol–water partition coefficient (Wildman–Crippen LogP) is 3.92. The summed E-state index contributed by atoms with van der Waals surface area (Å²) >= 11 is 1.32. The van der Waals surface area contributed by atoms with Crippen LogP contribution in [-0.2, 0) is 5.41 Å². The molecule has 3 nitrogen and oxygen atoms in total. The summed E-state index contributed by atoms with van der Waals surface area (Å²) in [5, 5.41) is 9.20. The number of rotatable bonds is 5. The van der Waals surface area contributed by atoms with Gasteiger partial charge in [-0.05, 0) is 23.8 Å². The lowest BCUT2D eigenvalue weighted by atomic mass is 9.95. The summed E-state index contributed by atoms with van der Waals surface area (Å²) in [4.78, 5) is 12.6. The average Bonchev–Trinajstić information content (AvgIpc) is 2.93. The molecule has 0 spiro atoms. The standard InChI is InChI=1S/C14H20O3S/c1-14(2,3)11-8-10(12(18-11)13(15)16)17-7-6-9-4-5-9/h8-9H,4-7H2,1-3H3,(H,15,16). The molecule has 0 unspecified atom stereocenters. The molecule has 1 fully saturated rings. The van der Waals surface area contributed by atoms with Crippen molar-refractivity contribution < 1.29 is 14.6 Å². The SMILES string of the molecule is CC(C)(C)c1cc(OCCC2CC2)c(C(=O)O)s1. The summed E-state index contributed by atoms with van der Waals surface area (Å²) in [5.74, 6) is 0.453. The van der Waals surface area contributed by atoms with Gasteiger partial charge >= 0.3 is 5.97 Å². The molecule has 0 atom stereocenters. The van der Waals surface area contributed by atoms with Crippen LogP contribution in [0.3, 0.4) is 0 Å². The van der Waals surface area contributed by atoms with Gasteiger partial charge in [-0.3, -0.25) is 0 Å². The maximum absolute atomic E-state index is 11.2. The van der Waals surface area contributed by atoms with E-state index in [1.165, 1.54) is 24.2 Å². The lowest BCUT2D eigenvalue weighted by molar-refractivity contribution is 0.0698. The van der Waals surface area contributed by atoms with Crippen molar-refractivity contribution in [2.75, 3.05) is 6.61 Å². The smallest absolute Gasteiger partial charge is 0.349 e. The van der Waals surface area contributed by atoms with Crippen molar-refractivity contribution in [2.45, 2.75) is 45.4 Å². The van der Waals surface area contributed by atoms with Crippen molar-refractivity contribution in [1.82, 2.24) is 0 Å². The minimum atomic E-state index is -0.892. The van der Waals surface area contributed by atoms with Crippen molar-refractivity contribution in [3.63, 3.8) is 0 Å². The average molecular weight is 268 g/mol. The van der Waals surface area contributed by atoms with Crippen LogP contribution in [0.15, 0.2) is 6.07 Å².